The lowest BCUT2D eigenvalue weighted by Crippen LogP contribution is -2.47. The molecular formula is C21H26F2N2O3S2. The maximum absolute atomic E-state index is 14.0. The van der Waals surface area contributed by atoms with Gasteiger partial charge in [-0.25, -0.2) is 17.2 Å². The van der Waals surface area contributed by atoms with E-state index in [0.717, 1.165) is 17.7 Å². The van der Waals surface area contributed by atoms with Gasteiger partial charge in [-0.05, 0) is 62.5 Å². The van der Waals surface area contributed by atoms with E-state index in [1.807, 2.05) is 12.3 Å². The maximum atomic E-state index is 14.0. The third kappa shape index (κ3) is 6.26. The average Bonchev–Trinajstić information content (AvgIpc) is 2.66. The Morgan fingerprint density at radius 1 is 1.13 bits per heavy atom. The molecule has 2 aromatic rings. The molecule has 2 unspecified atom stereocenters. The number of sulfonamides is 1. The van der Waals surface area contributed by atoms with Gasteiger partial charge < -0.3 is 5.32 Å². The summed E-state index contributed by atoms with van der Waals surface area (Å²) >= 11 is 1.48. The fourth-order valence-electron chi connectivity index (χ4n) is 2.97. The molecule has 0 saturated carbocycles. The number of rotatable bonds is 9. The second kappa shape index (κ2) is 10.4. The molecule has 164 valence electrons. The minimum Gasteiger partial charge on any atom is -0.348 e. The Hall–Kier alpha value is -1.97. The van der Waals surface area contributed by atoms with Crippen molar-refractivity contribution >= 4 is 27.7 Å². The SMILES string of the molecule is CSCCC(NS(=O)(=O)c1cc(C)ccc1C)C(=O)NC(C)c1ccc(F)cc1F. The van der Waals surface area contributed by atoms with Gasteiger partial charge in [0.25, 0.3) is 0 Å². The number of hydrogen-bond donors (Lipinski definition) is 2. The van der Waals surface area contributed by atoms with E-state index in [4.69, 9.17) is 0 Å². The van der Waals surface area contributed by atoms with Crippen LogP contribution in [0.4, 0.5) is 8.78 Å². The molecule has 0 bridgehead atoms. The summed E-state index contributed by atoms with van der Waals surface area (Å²) in [5, 5.41) is 2.63. The summed E-state index contributed by atoms with van der Waals surface area (Å²) < 4.78 is 55.5. The molecule has 0 aromatic heterocycles. The van der Waals surface area contributed by atoms with Crippen LogP contribution in [0.3, 0.4) is 0 Å². The van der Waals surface area contributed by atoms with Gasteiger partial charge in [0.1, 0.15) is 17.7 Å². The van der Waals surface area contributed by atoms with Crippen LogP contribution < -0.4 is 10.0 Å². The fourth-order valence-corrected chi connectivity index (χ4v) is 5.00. The van der Waals surface area contributed by atoms with E-state index in [-0.39, 0.29) is 16.9 Å². The second-order valence-electron chi connectivity index (χ2n) is 7.12. The van der Waals surface area contributed by atoms with Crippen molar-refractivity contribution in [3.63, 3.8) is 0 Å². The first-order valence-electron chi connectivity index (χ1n) is 9.39. The lowest BCUT2D eigenvalue weighted by molar-refractivity contribution is -0.123. The van der Waals surface area contributed by atoms with Gasteiger partial charge in [-0.2, -0.15) is 16.5 Å². The van der Waals surface area contributed by atoms with Gasteiger partial charge in [0.15, 0.2) is 0 Å². The van der Waals surface area contributed by atoms with Crippen molar-refractivity contribution in [3.05, 3.63) is 64.7 Å². The summed E-state index contributed by atoms with van der Waals surface area (Å²) in [6.07, 6.45) is 2.11. The normalized spacial score (nSPS) is 13.7. The number of halogens is 2. The Morgan fingerprint density at radius 2 is 1.83 bits per heavy atom. The van der Waals surface area contributed by atoms with Crippen LogP contribution in [0, 0.1) is 25.5 Å². The Balaban J connectivity index is 2.23. The standard InChI is InChI=1S/C21H26F2N2O3S2/c1-13-5-6-14(2)20(11-13)30(27,28)25-19(9-10-29-4)21(26)24-15(3)17-8-7-16(22)12-18(17)23/h5-8,11-12,15,19,25H,9-10H2,1-4H3,(H,24,26). The van der Waals surface area contributed by atoms with Gasteiger partial charge >= 0.3 is 0 Å². The minimum absolute atomic E-state index is 0.113. The predicted octanol–water partition coefficient (Wildman–Crippen LogP) is 3.86. The summed E-state index contributed by atoms with van der Waals surface area (Å²) in [5.74, 6) is -1.52. The molecule has 0 saturated heterocycles. The molecule has 5 nitrogen and oxygen atoms in total. The smallest absolute Gasteiger partial charge is 0.241 e. The molecule has 0 aliphatic rings. The van der Waals surface area contributed by atoms with Gasteiger partial charge in [0.2, 0.25) is 15.9 Å². The van der Waals surface area contributed by atoms with Crippen molar-refractivity contribution in [3.8, 4) is 0 Å². The molecule has 2 atom stereocenters. The quantitative estimate of drug-likeness (QED) is 0.601. The van der Waals surface area contributed by atoms with Crippen LogP contribution >= 0.6 is 11.8 Å². The van der Waals surface area contributed by atoms with Crippen molar-refractivity contribution in [2.45, 2.75) is 44.2 Å². The molecule has 0 aliphatic heterocycles. The monoisotopic (exact) mass is 456 g/mol. The van der Waals surface area contributed by atoms with E-state index >= 15 is 0 Å². The molecule has 0 aliphatic carbocycles. The first-order chi connectivity index (χ1) is 14.0. The summed E-state index contributed by atoms with van der Waals surface area (Å²) in [6, 6.07) is 6.38. The second-order valence-corrected chi connectivity index (χ2v) is 9.79. The van der Waals surface area contributed by atoms with Gasteiger partial charge in [-0.15, -0.1) is 0 Å². The van der Waals surface area contributed by atoms with Crippen LogP contribution in [0.25, 0.3) is 0 Å². The first kappa shape index (κ1) is 24.3. The summed E-state index contributed by atoms with van der Waals surface area (Å²) in [5.41, 5.74) is 1.47. The zero-order chi connectivity index (χ0) is 22.5. The van der Waals surface area contributed by atoms with Gasteiger partial charge in [-0.3, -0.25) is 4.79 Å². The van der Waals surface area contributed by atoms with Crippen molar-refractivity contribution in [2.75, 3.05) is 12.0 Å². The van der Waals surface area contributed by atoms with E-state index in [1.165, 1.54) is 17.8 Å². The Kier molecular flexibility index (Phi) is 8.40. The van der Waals surface area contributed by atoms with Crippen LogP contribution in [0.5, 0.6) is 0 Å². The molecule has 2 aromatic carbocycles. The third-order valence-corrected chi connectivity index (χ3v) is 6.90. The van der Waals surface area contributed by atoms with Crippen LogP contribution in [0.15, 0.2) is 41.3 Å². The number of nitrogens with one attached hydrogen (secondary N) is 2. The zero-order valence-electron chi connectivity index (χ0n) is 17.3. The third-order valence-electron chi connectivity index (χ3n) is 4.65. The highest BCUT2D eigenvalue weighted by Crippen LogP contribution is 2.20. The highest BCUT2D eigenvalue weighted by Gasteiger charge is 2.28. The van der Waals surface area contributed by atoms with Crippen molar-refractivity contribution in [1.29, 1.82) is 0 Å². The van der Waals surface area contributed by atoms with E-state index in [9.17, 15) is 22.0 Å². The van der Waals surface area contributed by atoms with Crippen molar-refractivity contribution in [1.82, 2.24) is 10.0 Å². The summed E-state index contributed by atoms with van der Waals surface area (Å²) in [6.45, 7) is 5.03. The largest absolute Gasteiger partial charge is 0.348 e. The lowest BCUT2D eigenvalue weighted by atomic mass is 10.1. The number of carbonyl (C=O) groups is 1. The lowest BCUT2D eigenvalue weighted by Gasteiger charge is -2.22. The van der Waals surface area contributed by atoms with Crippen LogP contribution in [-0.4, -0.2) is 32.4 Å². The number of benzene rings is 2. The molecule has 0 radical (unpaired) electrons. The summed E-state index contributed by atoms with van der Waals surface area (Å²) in [7, 11) is -3.95. The van der Waals surface area contributed by atoms with Crippen LogP contribution in [0.1, 0.15) is 36.1 Å². The Bertz CT molecular complexity index is 1010. The molecule has 0 heterocycles. The van der Waals surface area contributed by atoms with Gasteiger partial charge in [0, 0.05) is 11.6 Å². The van der Waals surface area contributed by atoms with Crippen molar-refractivity contribution in [2.24, 2.45) is 0 Å². The van der Waals surface area contributed by atoms with Crippen LogP contribution in [0.2, 0.25) is 0 Å². The maximum Gasteiger partial charge on any atom is 0.241 e. The predicted molar refractivity (Wildman–Crippen MR) is 116 cm³/mol. The number of aryl methyl sites for hydroxylation is 2. The average molecular weight is 457 g/mol. The molecular weight excluding hydrogens is 430 g/mol. The van der Waals surface area contributed by atoms with Crippen molar-refractivity contribution < 1.29 is 22.0 Å². The minimum atomic E-state index is -3.95. The Morgan fingerprint density at radius 3 is 2.47 bits per heavy atom. The van der Waals surface area contributed by atoms with E-state index in [0.29, 0.717) is 11.3 Å². The van der Waals surface area contributed by atoms with Gasteiger partial charge in [-0.1, -0.05) is 18.2 Å². The first-order valence-corrected chi connectivity index (χ1v) is 12.3. The van der Waals surface area contributed by atoms with E-state index in [1.54, 1.807) is 32.9 Å². The highest BCUT2D eigenvalue weighted by atomic mass is 32.2. The van der Waals surface area contributed by atoms with Gasteiger partial charge in [0.05, 0.1) is 10.9 Å². The Labute approximate surface area is 180 Å². The molecule has 0 fully saturated rings. The number of thioether (sulfide) groups is 1. The number of hydrogen-bond acceptors (Lipinski definition) is 4. The number of carbonyl (C=O) groups excluding carboxylic acids is 1. The molecule has 1 amide bonds. The van der Waals surface area contributed by atoms with Crippen LogP contribution in [-0.2, 0) is 14.8 Å². The topological polar surface area (TPSA) is 75.3 Å². The highest BCUT2D eigenvalue weighted by molar-refractivity contribution is 7.98. The molecule has 9 heteroatoms. The van der Waals surface area contributed by atoms with E-state index < -0.39 is 39.6 Å². The molecule has 2 rings (SSSR count). The zero-order valence-corrected chi connectivity index (χ0v) is 19.0. The molecule has 30 heavy (non-hydrogen) atoms. The summed E-state index contributed by atoms with van der Waals surface area (Å²) in [4.78, 5) is 12.9. The number of amides is 1. The van der Waals surface area contributed by atoms with E-state index in [2.05, 4.69) is 10.0 Å². The fraction of sp³-hybridized carbons (Fsp3) is 0.381. The molecule has 0 spiro atoms. The molecule has 2 N–H and O–H groups in total.